The minimum atomic E-state index is -0.707. The zero-order valence-corrected chi connectivity index (χ0v) is 19.8. The van der Waals surface area contributed by atoms with Crippen LogP contribution in [0.25, 0.3) is 0 Å². The normalized spacial score (nSPS) is 14.8. The molecule has 1 aliphatic carbocycles. The first-order valence-electron chi connectivity index (χ1n) is 11.1. The molecule has 1 unspecified atom stereocenters. The highest BCUT2D eigenvalue weighted by Crippen LogP contribution is 2.33. The van der Waals surface area contributed by atoms with Crippen molar-refractivity contribution < 1.29 is 14.3 Å². The van der Waals surface area contributed by atoms with E-state index in [1.54, 1.807) is 16.2 Å². The summed E-state index contributed by atoms with van der Waals surface area (Å²) in [5, 5.41) is 7.13. The Labute approximate surface area is 197 Å². The Morgan fingerprint density at radius 1 is 1.06 bits per heavy atom. The monoisotopic (exact) mass is 468 g/mol. The van der Waals surface area contributed by atoms with Crippen LogP contribution in [-0.4, -0.2) is 24.5 Å². The number of nitrogens with zero attached hydrogens (tertiary/aromatic N) is 1. The van der Waals surface area contributed by atoms with Gasteiger partial charge in [0, 0.05) is 21.5 Å². The maximum Gasteiger partial charge on any atom is 0.248 e. The third kappa shape index (κ3) is 5.40. The van der Waals surface area contributed by atoms with Crippen molar-refractivity contribution in [3.8, 4) is 5.75 Å². The molecule has 2 amide bonds. The maximum absolute atomic E-state index is 13.6. The summed E-state index contributed by atoms with van der Waals surface area (Å²) in [4.78, 5) is 30.7. The first kappa shape index (κ1) is 22.6. The highest BCUT2D eigenvalue weighted by atomic mass is 32.1. The summed E-state index contributed by atoms with van der Waals surface area (Å²) in [6, 6.07) is 14.7. The van der Waals surface area contributed by atoms with Crippen LogP contribution in [0.4, 0.5) is 5.69 Å². The van der Waals surface area contributed by atoms with Crippen LogP contribution in [0.5, 0.6) is 5.75 Å². The molecule has 1 aliphatic rings. The van der Waals surface area contributed by atoms with E-state index < -0.39 is 6.04 Å². The lowest BCUT2D eigenvalue weighted by atomic mass is 10.1. The van der Waals surface area contributed by atoms with Crippen molar-refractivity contribution in [3.05, 3.63) is 69.0 Å². The van der Waals surface area contributed by atoms with E-state index >= 15 is 0 Å². The fourth-order valence-electron chi connectivity index (χ4n) is 4.12. The molecule has 32 heavy (non-hydrogen) atoms. The summed E-state index contributed by atoms with van der Waals surface area (Å²) >= 11 is 3.05. The smallest absolute Gasteiger partial charge is 0.248 e. The fraction of sp³-hybridized carbons (Fsp3) is 0.360. The third-order valence-electron chi connectivity index (χ3n) is 5.62. The van der Waals surface area contributed by atoms with Crippen LogP contribution in [0.15, 0.2) is 59.3 Å². The molecule has 1 aromatic carbocycles. The topological polar surface area (TPSA) is 58.6 Å². The van der Waals surface area contributed by atoms with Gasteiger partial charge >= 0.3 is 0 Å². The highest BCUT2D eigenvalue weighted by molar-refractivity contribution is 7.10. The molecule has 2 heterocycles. The molecule has 168 valence electrons. The molecule has 7 heteroatoms. The van der Waals surface area contributed by atoms with Crippen LogP contribution in [0, 0.1) is 0 Å². The summed E-state index contributed by atoms with van der Waals surface area (Å²) in [7, 11) is 0. The number of hydrogen-bond donors (Lipinski definition) is 1. The lowest BCUT2D eigenvalue weighted by Gasteiger charge is -2.31. The van der Waals surface area contributed by atoms with Crippen LogP contribution in [0.1, 0.15) is 48.4 Å². The second-order valence-electron chi connectivity index (χ2n) is 7.85. The van der Waals surface area contributed by atoms with Gasteiger partial charge in [-0.25, -0.2) is 0 Å². The van der Waals surface area contributed by atoms with Gasteiger partial charge in [0.2, 0.25) is 11.8 Å². The number of amides is 2. The fourth-order valence-corrected chi connectivity index (χ4v) is 5.63. The van der Waals surface area contributed by atoms with E-state index in [9.17, 15) is 9.59 Å². The molecule has 1 fully saturated rings. The van der Waals surface area contributed by atoms with E-state index in [-0.39, 0.29) is 24.3 Å². The standard InChI is InChI=1S/C25H28N2O3S2/c1-2-30-20-13-11-19(12-14-20)27(23(28)17-21-9-5-15-31-21)24(22-10-6-16-32-22)25(29)26-18-7-3-4-8-18/h5-6,9-16,18,24H,2-4,7-8,17H2,1H3,(H,26,29). The molecule has 0 radical (unpaired) electrons. The Hall–Kier alpha value is -2.64. The van der Waals surface area contributed by atoms with E-state index in [0.717, 1.165) is 41.2 Å². The van der Waals surface area contributed by atoms with Crippen LogP contribution >= 0.6 is 22.7 Å². The number of hydrogen-bond acceptors (Lipinski definition) is 5. The number of carbonyl (C=O) groups is 2. The van der Waals surface area contributed by atoms with Gasteiger partial charge in [0.15, 0.2) is 0 Å². The zero-order valence-electron chi connectivity index (χ0n) is 18.2. The van der Waals surface area contributed by atoms with E-state index in [1.807, 2.05) is 66.2 Å². The number of carbonyl (C=O) groups excluding carboxylic acids is 2. The van der Waals surface area contributed by atoms with E-state index in [0.29, 0.717) is 12.3 Å². The number of anilines is 1. The van der Waals surface area contributed by atoms with Crippen LogP contribution < -0.4 is 15.0 Å². The van der Waals surface area contributed by atoms with Gasteiger partial charge in [0.05, 0.1) is 13.0 Å². The number of benzene rings is 1. The van der Waals surface area contributed by atoms with Crippen molar-refractivity contribution in [2.75, 3.05) is 11.5 Å². The Balaban J connectivity index is 1.69. The average Bonchev–Trinajstić information content (AvgIpc) is 3.57. The first-order valence-corrected chi connectivity index (χ1v) is 12.8. The van der Waals surface area contributed by atoms with E-state index in [1.165, 1.54) is 11.3 Å². The Kier molecular flexibility index (Phi) is 7.60. The summed E-state index contributed by atoms with van der Waals surface area (Å²) in [5.74, 6) is 0.523. The summed E-state index contributed by atoms with van der Waals surface area (Å²) < 4.78 is 5.58. The van der Waals surface area contributed by atoms with Crippen molar-refractivity contribution in [1.29, 1.82) is 0 Å². The molecule has 1 N–H and O–H groups in total. The maximum atomic E-state index is 13.6. The SMILES string of the molecule is CCOc1ccc(N(C(=O)Cc2cccs2)C(C(=O)NC2CCCC2)c2cccs2)cc1. The van der Waals surface area contributed by atoms with Crippen molar-refractivity contribution in [3.63, 3.8) is 0 Å². The van der Waals surface area contributed by atoms with Crippen molar-refractivity contribution in [2.24, 2.45) is 0 Å². The number of rotatable bonds is 9. The minimum Gasteiger partial charge on any atom is -0.494 e. The van der Waals surface area contributed by atoms with Crippen LogP contribution in [0.2, 0.25) is 0 Å². The number of nitrogens with one attached hydrogen (secondary N) is 1. The Bertz CT molecular complexity index is 995. The second kappa shape index (κ2) is 10.8. The molecule has 0 bridgehead atoms. The van der Waals surface area contributed by atoms with Gasteiger partial charge in [-0.1, -0.05) is 25.0 Å². The largest absolute Gasteiger partial charge is 0.494 e. The van der Waals surface area contributed by atoms with E-state index in [4.69, 9.17) is 4.74 Å². The quantitative estimate of drug-likeness (QED) is 0.446. The summed E-state index contributed by atoms with van der Waals surface area (Å²) in [5.41, 5.74) is 0.690. The number of thiophene rings is 2. The molecule has 4 rings (SSSR count). The summed E-state index contributed by atoms with van der Waals surface area (Å²) in [6.45, 7) is 2.51. The lowest BCUT2D eigenvalue weighted by molar-refractivity contribution is -0.126. The number of ether oxygens (including phenoxy) is 1. The van der Waals surface area contributed by atoms with E-state index in [2.05, 4.69) is 5.32 Å². The Morgan fingerprint density at radius 2 is 1.78 bits per heavy atom. The zero-order chi connectivity index (χ0) is 22.3. The molecule has 1 saturated carbocycles. The van der Waals surface area contributed by atoms with Crippen LogP contribution in [-0.2, 0) is 16.0 Å². The lowest BCUT2D eigenvalue weighted by Crippen LogP contribution is -2.46. The molecule has 3 aromatic rings. The van der Waals surface area contributed by atoms with Crippen molar-refractivity contribution in [2.45, 2.75) is 51.1 Å². The Morgan fingerprint density at radius 3 is 2.41 bits per heavy atom. The first-order chi connectivity index (χ1) is 15.7. The molecule has 2 aromatic heterocycles. The summed E-state index contributed by atoms with van der Waals surface area (Å²) in [6.07, 6.45) is 4.51. The van der Waals surface area contributed by atoms with Crippen LogP contribution in [0.3, 0.4) is 0 Å². The highest BCUT2D eigenvalue weighted by Gasteiger charge is 2.35. The van der Waals surface area contributed by atoms with Gasteiger partial charge in [-0.3, -0.25) is 14.5 Å². The molecular weight excluding hydrogens is 440 g/mol. The average molecular weight is 469 g/mol. The predicted octanol–water partition coefficient (Wildman–Crippen LogP) is 5.58. The molecule has 0 spiro atoms. The predicted molar refractivity (Wildman–Crippen MR) is 131 cm³/mol. The van der Waals surface area contributed by atoms with Crippen molar-refractivity contribution in [1.82, 2.24) is 5.32 Å². The van der Waals surface area contributed by atoms with Gasteiger partial charge in [0.25, 0.3) is 0 Å². The van der Waals surface area contributed by atoms with Crippen molar-refractivity contribution >= 4 is 40.2 Å². The second-order valence-corrected chi connectivity index (χ2v) is 9.87. The third-order valence-corrected chi connectivity index (χ3v) is 7.42. The minimum absolute atomic E-state index is 0.100. The molecular formula is C25H28N2O3S2. The van der Waals surface area contributed by atoms with Gasteiger partial charge in [0.1, 0.15) is 11.8 Å². The molecule has 5 nitrogen and oxygen atoms in total. The van der Waals surface area contributed by atoms with Gasteiger partial charge in [-0.2, -0.15) is 0 Å². The molecule has 0 saturated heterocycles. The van der Waals surface area contributed by atoms with Gasteiger partial charge in [-0.15, -0.1) is 22.7 Å². The molecule has 1 atom stereocenters. The molecule has 0 aliphatic heterocycles. The van der Waals surface area contributed by atoms with Gasteiger partial charge < -0.3 is 10.1 Å². The van der Waals surface area contributed by atoms with Gasteiger partial charge in [-0.05, 0) is 66.9 Å².